The molecule has 5 rings (SSSR count). The minimum Gasteiger partial charge on any atom is -0.492 e. The van der Waals surface area contributed by atoms with Gasteiger partial charge in [0.25, 0.3) is 5.91 Å². The summed E-state index contributed by atoms with van der Waals surface area (Å²) < 4.78 is 45.9. The van der Waals surface area contributed by atoms with E-state index in [1.165, 1.54) is 31.3 Å². The van der Waals surface area contributed by atoms with E-state index in [0.717, 1.165) is 24.5 Å². The van der Waals surface area contributed by atoms with Gasteiger partial charge in [-0.1, -0.05) is 12.1 Å². The fraction of sp³-hybridized carbons (Fsp3) is 0.391. The summed E-state index contributed by atoms with van der Waals surface area (Å²) >= 11 is 0. The van der Waals surface area contributed by atoms with Crippen molar-refractivity contribution in [3.63, 3.8) is 0 Å². The summed E-state index contributed by atoms with van der Waals surface area (Å²) in [7, 11) is 0. The molecule has 3 aliphatic rings. The summed E-state index contributed by atoms with van der Waals surface area (Å²) in [6.45, 7) is 2.03. The number of pyridine rings is 1. The number of likely N-dealkylation sites (tertiary alicyclic amines) is 1. The highest BCUT2D eigenvalue weighted by molar-refractivity contribution is 6.10. The molecule has 0 saturated carbocycles. The Balaban J connectivity index is 1.47. The van der Waals surface area contributed by atoms with E-state index in [9.17, 15) is 18.0 Å². The molecule has 3 aliphatic heterocycles. The van der Waals surface area contributed by atoms with Gasteiger partial charge in [-0.3, -0.25) is 19.6 Å². The summed E-state index contributed by atoms with van der Waals surface area (Å²) in [5.41, 5.74) is 1.75. The van der Waals surface area contributed by atoms with Crippen molar-refractivity contribution < 1.29 is 22.7 Å². The summed E-state index contributed by atoms with van der Waals surface area (Å²) in [4.78, 5) is 20.4. The summed E-state index contributed by atoms with van der Waals surface area (Å²) in [6.07, 6.45) is 0.523. The average molecular weight is 457 g/mol. The van der Waals surface area contributed by atoms with Crippen molar-refractivity contribution in [1.29, 1.82) is 0 Å². The highest BCUT2D eigenvalue weighted by atomic mass is 19.4. The maximum absolute atomic E-state index is 13.3. The number of aromatic nitrogens is 1. The second-order valence-electron chi connectivity index (χ2n) is 8.25. The maximum Gasteiger partial charge on any atom is 0.406 e. The lowest BCUT2D eigenvalue weighted by molar-refractivity contribution is -0.130. The fourth-order valence-electron chi connectivity index (χ4n) is 4.44. The molecule has 2 aromatic rings. The predicted octanol–water partition coefficient (Wildman–Crippen LogP) is 4.52. The molecule has 1 fully saturated rings. The van der Waals surface area contributed by atoms with Crippen LogP contribution < -0.4 is 9.64 Å². The number of para-hydroxylation sites is 1. The van der Waals surface area contributed by atoms with Gasteiger partial charge in [0.2, 0.25) is 0 Å². The van der Waals surface area contributed by atoms with E-state index in [-0.39, 0.29) is 11.3 Å². The van der Waals surface area contributed by atoms with Gasteiger partial charge in [0.1, 0.15) is 24.9 Å². The molecular formula is C23H22F3N5O2. The zero-order chi connectivity index (χ0) is 23.0. The number of ether oxygens (including phenoxy) is 1. The molecule has 0 spiro atoms. The molecule has 0 radical (unpaired) electrons. The van der Waals surface area contributed by atoms with Crippen LogP contribution in [-0.2, 0) is 4.79 Å². The summed E-state index contributed by atoms with van der Waals surface area (Å²) in [5, 5.41) is 7.76. The quantitative estimate of drug-likeness (QED) is 0.640. The number of fused-ring (bicyclic) bond motifs is 3. The van der Waals surface area contributed by atoms with E-state index in [4.69, 9.17) is 4.74 Å². The van der Waals surface area contributed by atoms with Crippen LogP contribution in [0.5, 0.6) is 5.75 Å². The topological polar surface area (TPSA) is 70.4 Å². The number of azo groups is 1. The first-order valence-corrected chi connectivity index (χ1v) is 10.8. The van der Waals surface area contributed by atoms with Crippen LogP contribution in [0.25, 0.3) is 11.3 Å². The van der Waals surface area contributed by atoms with Gasteiger partial charge in [-0.05, 0) is 44.1 Å². The molecule has 1 saturated heterocycles. The van der Waals surface area contributed by atoms with Crippen LogP contribution >= 0.6 is 0 Å². The highest BCUT2D eigenvalue weighted by Crippen LogP contribution is 2.44. The minimum atomic E-state index is -4.56. The summed E-state index contributed by atoms with van der Waals surface area (Å²) in [5.74, 6) is -0.156. The van der Waals surface area contributed by atoms with Gasteiger partial charge in [0.05, 0.1) is 23.2 Å². The van der Waals surface area contributed by atoms with Crippen LogP contribution in [-0.4, -0.2) is 54.8 Å². The van der Waals surface area contributed by atoms with Crippen LogP contribution in [0.2, 0.25) is 0 Å². The SMILES string of the molecule is O=C1C2=CN=NC2c2cnc(-c3ccccc3OCCN3CCCC3)cc2N1CC(F)(F)F. The van der Waals surface area contributed by atoms with Gasteiger partial charge in [0.15, 0.2) is 0 Å². The molecule has 1 aromatic carbocycles. The van der Waals surface area contributed by atoms with Gasteiger partial charge in [0, 0.05) is 23.9 Å². The van der Waals surface area contributed by atoms with Crippen molar-refractivity contribution in [2.75, 3.05) is 37.7 Å². The second-order valence-corrected chi connectivity index (χ2v) is 8.25. The Kier molecular flexibility index (Phi) is 5.61. The predicted molar refractivity (Wildman–Crippen MR) is 115 cm³/mol. The molecule has 7 nitrogen and oxygen atoms in total. The fourth-order valence-corrected chi connectivity index (χ4v) is 4.44. The standard InChI is InChI=1S/C23H22F3N5O2/c24-23(25,26)14-31-19-11-18(27-12-16(19)21-17(22(31)32)13-28-29-21)15-5-1-2-6-20(15)33-10-9-30-7-3-4-8-30/h1-2,5-6,11-13,21H,3-4,7-10,14H2. The Hall–Kier alpha value is -3.27. The highest BCUT2D eigenvalue weighted by Gasteiger charge is 2.43. The Morgan fingerprint density at radius 3 is 2.73 bits per heavy atom. The van der Waals surface area contributed by atoms with Gasteiger partial charge >= 0.3 is 6.18 Å². The number of carbonyl (C=O) groups is 1. The number of nitrogens with zero attached hydrogens (tertiary/aromatic N) is 5. The molecule has 4 heterocycles. The molecule has 0 N–H and O–H groups in total. The number of anilines is 1. The zero-order valence-corrected chi connectivity index (χ0v) is 17.8. The molecule has 33 heavy (non-hydrogen) atoms. The van der Waals surface area contributed by atoms with E-state index >= 15 is 0 Å². The molecule has 1 unspecified atom stereocenters. The molecule has 1 atom stereocenters. The van der Waals surface area contributed by atoms with Gasteiger partial charge < -0.3 is 4.74 Å². The van der Waals surface area contributed by atoms with Crippen LogP contribution in [0, 0.1) is 0 Å². The van der Waals surface area contributed by atoms with E-state index < -0.39 is 24.7 Å². The van der Waals surface area contributed by atoms with Crippen LogP contribution in [0.15, 0.2) is 58.5 Å². The molecule has 10 heteroatoms. The third-order valence-corrected chi connectivity index (χ3v) is 6.03. The number of alkyl halides is 3. The number of amides is 1. The third-order valence-electron chi connectivity index (χ3n) is 6.03. The van der Waals surface area contributed by atoms with Crippen molar-refractivity contribution in [2.24, 2.45) is 10.2 Å². The lowest BCUT2D eigenvalue weighted by atomic mass is 9.93. The largest absolute Gasteiger partial charge is 0.492 e. The number of benzene rings is 1. The first kappa shape index (κ1) is 21.6. The normalized spacial score (nSPS) is 20.1. The third kappa shape index (κ3) is 4.35. The van der Waals surface area contributed by atoms with Crippen molar-refractivity contribution in [3.05, 3.63) is 53.9 Å². The average Bonchev–Trinajstić information content (AvgIpc) is 3.48. The van der Waals surface area contributed by atoms with Crippen LogP contribution in [0.1, 0.15) is 24.4 Å². The number of hydrogen-bond acceptors (Lipinski definition) is 6. The van der Waals surface area contributed by atoms with E-state index in [0.29, 0.717) is 29.2 Å². The van der Waals surface area contributed by atoms with Crippen molar-refractivity contribution in [2.45, 2.75) is 25.1 Å². The zero-order valence-electron chi connectivity index (χ0n) is 17.8. The van der Waals surface area contributed by atoms with Gasteiger partial charge in [-0.15, -0.1) is 0 Å². The molecule has 0 aliphatic carbocycles. The van der Waals surface area contributed by atoms with Gasteiger partial charge in [-0.2, -0.15) is 23.4 Å². The lowest BCUT2D eigenvalue weighted by Gasteiger charge is -2.32. The Labute approximate surface area is 188 Å². The Bertz CT molecular complexity index is 1130. The first-order chi connectivity index (χ1) is 15.9. The maximum atomic E-state index is 13.3. The van der Waals surface area contributed by atoms with Crippen LogP contribution in [0.4, 0.5) is 18.9 Å². The molecule has 1 amide bonds. The summed E-state index contributed by atoms with van der Waals surface area (Å²) in [6, 6.07) is 8.04. The molecule has 172 valence electrons. The van der Waals surface area contributed by atoms with E-state index in [1.807, 2.05) is 18.2 Å². The smallest absolute Gasteiger partial charge is 0.406 e. The lowest BCUT2D eigenvalue weighted by Crippen LogP contribution is -2.43. The van der Waals surface area contributed by atoms with E-state index in [1.54, 1.807) is 6.07 Å². The molecular weight excluding hydrogens is 435 g/mol. The van der Waals surface area contributed by atoms with Crippen molar-refractivity contribution in [1.82, 2.24) is 9.88 Å². The first-order valence-electron chi connectivity index (χ1n) is 10.8. The molecule has 1 aromatic heterocycles. The van der Waals surface area contributed by atoms with Crippen molar-refractivity contribution in [3.8, 4) is 17.0 Å². The molecule has 0 bridgehead atoms. The minimum absolute atomic E-state index is 0.118. The number of rotatable bonds is 6. The Morgan fingerprint density at radius 2 is 1.94 bits per heavy atom. The van der Waals surface area contributed by atoms with E-state index in [2.05, 4.69) is 20.1 Å². The van der Waals surface area contributed by atoms with Crippen LogP contribution in [0.3, 0.4) is 0 Å². The number of hydrogen-bond donors (Lipinski definition) is 0. The van der Waals surface area contributed by atoms with Crippen molar-refractivity contribution >= 4 is 11.6 Å². The Morgan fingerprint density at radius 1 is 1.15 bits per heavy atom. The number of halogens is 3. The monoisotopic (exact) mass is 457 g/mol. The van der Waals surface area contributed by atoms with Gasteiger partial charge in [-0.25, -0.2) is 0 Å². The number of carbonyl (C=O) groups excluding carboxylic acids is 1. The second kappa shape index (κ2) is 8.58.